The summed E-state index contributed by atoms with van der Waals surface area (Å²) in [4.78, 5) is 12.4. The highest BCUT2D eigenvalue weighted by molar-refractivity contribution is 5.88. The molecule has 0 spiro atoms. The summed E-state index contributed by atoms with van der Waals surface area (Å²) < 4.78 is 9.73. The van der Waals surface area contributed by atoms with Gasteiger partial charge in [-0.3, -0.25) is 0 Å². The molecule has 1 saturated carbocycles. The van der Waals surface area contributed by atoms with Crippen molar-refractivity contribution in [2.45, 2.75) is 57.7 Å². The van der Waals surface area contributed by atoms with E-state index in [-0.39, 0.29) is 12.1 Å². The van der Waals surface area contributed by atoms with Crippen LogP contribution in [-0.4, -0.2) is 23.5 Å². The Labute approximate surface area is 159 Å². The number of oxime groups is 1. The van der Waals surface area contributed by atoms with E-state index in [2.05, 4.69) is 9.72 Å². The number of rotatable bonds is 7. The van der Waals surface area contributed by atoms with E-state index in [1.54, 1.807) is 0 Å². The van der Waals surface area contributed by atoms with E-state index in [0.29, 0.717) is 5.56 Å². The van der Waals surface area contributed by atoms with E-state index in [1.807, 2.05) is 53.6 Å². The van der Waals surface area contributed by atoms with Crippen LogP contribution in [0.25, 0.3) is 0 Å². The number of nitrogens with zero attached hydrogens (tertiary/aromatic N) is 3. The molecule has 0 aliphatic heterocycles. The molecule has 0 aromatic carbocycles. The Hall–Kier alpha value is -2.76. The number of carbonyl (C=O) groups excluding carboxylic acids is 1. The SMILES string of the molecule is O=C(OC1CCCCC1)c1ccc[n+](CCC[n+]2cccc(/C=N/O)c2)c1. The minimum Gasteiger partial charge on any atom is -0.459 e. The van der Waals surface area contributed by atoms with Gasteiger partial charge in [0.25, 0.3) is 0 Å². The first-order valence-electron chi connectivity index (χ1n) is 9.61. The lowest BCUT2D eigenvalue weighted by molar-refractivity contribution is -0.727. The predicted octanol–water partition coefficient (Wildman–Crippen LogP) is 2.65. The fraction of sp³-hybridized carbons (Fsp3) is 0.429. The van der Waals surface area contributed by atoms with Crippen molar-refractivity contribution in [1.82, 2.24) is 0 Å². The van der Waals surface area contributed by atoms with Crippen molar-refractivity contribution in [3.8, 4) is 0 Å². The van der Waals surface area contributed by atoms with Crippen molar-refractivity contribution < 1.29 is 23.9 Å². The average molecular weight is 369 g/mol. The first-order valence-corrected chi connectivity index (χ1v) is 9.61. The van der Waals surface area contributed by atoms with E-state index >= 15 is 0 Å². The average Bonchev–Trinajstić information content (AvgIpc) is 2.70. The van der Waals surface area contributed by atoms with Crippen LogP contribution in [0.4, 0.5) is 0 Å². The highest BCUT2D eigenvalue weighted by atomic mass is 16.5. The van der Waals surface area contributed by atoms with Gasteiger partial charge in [0.05, 0.1) is 18.2 Å². The lowest BCUT2D eigenvalue weighted by Gasteiger charge is -2.21. The lowest BCUT2D eigenvalue weighted by atomic mass is 9.98. The van der Waals surface area contributed by atoms with Gasteiger partial charge in [-0.1, -0.05) is 11.6 Å². The van der Waals surface area contributed by atoms with E-state index < -0.39 is 0 Å². The van der Waals surface area contributed by atoms with Gasteiger partial charge in [-0.05, 0) is 37.8 Å². The Balaban J connectivity index is 1.52. The fourth-order valence-corrected chi connectivity index (χ4v) is 3.44. The molecule has 142 valence electrons. The van der Waals surface area contributed by atoms with Crippen molar-refractivity contribution in [3.05, 3.63) is 60.2 Å². The standard InChI is InChI=1S/C21H26N3O3/c25-21(27-20-9-2-1-3-10-20)19-8-5-12-24(17-19)14-6-13-23-11-4-7-18(16-23)15-22-26/h4-5,7-8,11-12,15-17,20H,1-3,6,9-10,13-14H2/q+1/p+1/b22-15+. The highest BCUT2D eigenvalue weighted by Gasteiger charge is 2.20. The molecule has 2 heterocycles. The van der Waals surface area contributed by atoms with Crippen LogP contribution in [0.2, 0.25) is 0 Å². The molecule has 0 bridgehead atoms. The van der Waals surface area contributed by atoms with Crippen LogP contribution >= 0.6 is 0 Å². The summed E-state index contributed by atoms with van der Waals surface area (Å²) in [6.45, 7) is 1.63. The Morgan fingerprint density at radius 1 is 1.11 bits per heavy atom. The van der Waals surface area contributed by atoms with Crippen LogP contribution in [0.3, 0.4) is 0 Å². The molecule has 0 atom stereocenters. The summed E-state index contributed by atoms with van der Waals surface area (Å²) in [6, 6.07) is 7.51. The van der Waals surface area contributed by atoms with Crippen molar-refractivity contribution >= 4 is 12.2 Å². The third kappa shape index (κ3) is 5.88. The van der Waals surface area contributed by atoms with Crippen molar-refractivity contribution in [3.63, 3.8) is 0 Å². The zero-order valence-electron chi connectivity index (χ0n) is 15.5. The Bertz CT molecular complexity index is 786. The van der Waals surface area contributed by atoms with Gasteiger partial charge >= 0.3 is 5.97 Å². The second kappa shape index (κ2) is 9.80. The van der Waals surface area contributed by atoms with E-state index in [0.717, 1.165) is 50.8 Å². The monoisotopic (exact) mass is 369 g/mol. The number of aryl methyl sites for hydroxylation is 2. The number of esters is 1. The van der Waals surface area contributed by atoms with Gasteiger partial charge in [-0.15, -0.1) is 0 Å². The minimum atomic E-state index is -0.221. The number of pyridine rings is 2. The van der Waals surface area contributed by atoms with Crippen LogP contribution in [-0.2, 0) is 17.8 Å². The van der Waals surface area contributed by atoms with Crippen LogP contribution in [0, 0.1) is 0 Å². The Morgan fingerprint density at radius 2 is 1.81 bits per heavy atom. The first kappa shape index (κ1) is 19.0. The first-order chi connectivity index (χ1) is 13.2. The summed E-state index contributed by atoms with van der Waals surface area (Å²) in [5.74, 6) is -0.221. The van der Waals surface area contributed by atoms with Gasteiger partial charge in [-0.2, -0.15) is 0 Å². The summed E-state index contributed by atoms with van der Waals surface area (Å²) in [7, 11) is 0. The quantitative estimate of drug-likeness (QED) is 0.268. The van der Waals surface area contributed by atoms with E-state index in [1.165, 1.54) is 12.6 Å². The van der Waals surface area contributed by atoms with Crippen molar-refractivity contribution in [2.24, 2.45) is 5.16 Å². The van der Waals surface area contributed by atoms with Crippen molar-refractivity contribution in [2.75, 3.05) is 0 Å². The van der Waals surface area contributed by atoms with Gasteiger partial charge in [0.15, 0.2) is 37.9 Å². The molecular formula is C21H27N3O3+2. The molecule has 6 nitrogen and oxygen atoms in total. The zero-order valence-corrected chi connectivity index (χ0v) is 15.5. The minimum absolute atomic E-state index is 0.0750. The number of hydrogen-bond donors (Lipinski definition) is 1. The number of carbonyl (C=O) groups is 1. The summed E-state index contributed by atoms with van der Waals surface area (Å²) >= 11 is 0. The molecule has 1 aliphatic carbocycles. The Morgan fingerprint density at radius 3 is 2.56 bits per heavy atom. The van der Waals surface area contributed by atoms with Gasteiger partial charge in [0.1, 0.15) is 11.7 Å². The number of ether oxygens (including phenoxy) is 1. The maximum Gasteiger partial charge on any atom is 0.344 e. The molecule has 1 aliphatic rings. The molecule has 1 N–H and O–H groups in total. The van der Waals surface area contributed by atoms with Crippen molar-refractivity contribution in [1.29, 1.82) is 0 Å². The van der Waals surface area contributed by atoms with Crippen LogP contribution in [0.5, 0.6) is 0 Å². The van der Waals surface area contributed by atoms with E-state index in [4.69, 9.17) is 9.94 Å². The molecular weight excluding hydrogens is 342 g/mol. The summed E-state index contributed by atoms with van der Waals surface area (Å²) in [5.41, 5.74) is 1.46. The molecule has 2 aromatic heterocycles. The maximum absolute atomic E-state index is 12.4. The predicted molar refractivity (Wildman–Crippen MR) is 99.6 cm³/mol. The lowest BCUT2D eigenvalue weighted by Crippen LogP contribution is -2.39. The third-order valence-corrected chi connectivity index (χ3v) is 4.84. The number of aromatic nitrogens is 2. The molecule has 2 aromatic rings. The maximum atomic E-state index is 12.4. The topological polar surface area (TPSA) is 66.7 Å². The van der Waals surface area contributed by atoms with Gasteiger partial charge in [0, 0.05) is 12.1 Å². The normalized spacial score (nSPS) is 15.1. The summed E-state index contributed by atoms with van der Waals surface area (Å²) in [5, 5.41) is 11.7. The van der Waals surface area contributed by atoms with Crippen LogP contribution in [0.1, 0.15) is 54.4 Å². The molecule has 3 rings (SSSR count). The summed E-state index contributed by atoms with van der Waals surface area (Å²) in [6.07, 6.45) is 15.7. The smallest absolute Gasteiger partial charge is 0.344 e. The second-order valence-electron chi connectivity index (χ2n) is 6.97. The third-order valence-electron chi connectivity index (χ3n) is 4.84. The highest BCUT2D eigenvalue weighted by Crippen LogP contribution is 2.21. The fourth-order valence-electron chi connectivity index (χ4n) is 3.44. The molecule has 6 heteroatoms. The molecule has 0 unspecified atom stereocenters. The zero-order chi connectivity index (χ0) is 18.9. The number of hydrogen-bond acceptors (Lipinski definition) is 4. The molecule has 0 amide bonds. The van der Waals surface area contributed by atoms with Gasteiger partial charge < -0.3 is 9.94 Å². The van der Waals surface area contributed by atoms with Crippen LogP contribution in [0.15, 0.2) is 54.2 Å². The second-order valence-corrected chi connectivity index (χ2v) is 6.97. The molecule has 0 saturated heterocycles. The van der Waals surface area contributed by atoms with Gasteiger partial charge in [-0.25, -0.2) is 13.9 Å². The molecule has 1 fully saturated rings. The van der Waals surface area contributed by atoms with Gasteiger partial charge in [0.2, 0.25) is 0 Å². The van der Waals surface area contributed by atoms with E-state index in [9.17, 15) is 4.79 Å². The largest absolute Gasteiger partial charge is 0.459 e. The molecule has 27 heavy (non-hydrogen) atoms. The van der Waals surface area contributed by atoms with Crippen LogP contribution < -0.4 is 9.13 Å². The molecule has 0 radical (unpaired) electrons. The Kier molecular flexibility index (Phi) is 6.90.